The third kappa shape index (κ3) is 5.53. The van der Waals surface area contributed by atoms with E-state index in [4.69, 9.17) is 0 Å². The van der Waals surface area contributed by atoms with Gasteiger partial charge in [-0.05, 0) is 35.4 Å². The molecule has 2 aromatic rings. The van der Waals surface area contributed by atoms with Gasteiger partial charge in [-0.25, -0.2) is 9.18 Å². The molecule has 0 heterocycles. The maximum Gasteiger partial charge on any atom is 0.416 e. The van der Waals surface area contributed by atoms with Gasteiger partial charge >= 0.3 is 12.1 Å². The lowest BCUT2D eigenvalue weighted by molar-refractivity contribution is -0.146. The van der Waals surface area contributed by atoms with Crippen molar-refractivity contribution < 1.29 is 37.0 Å². The van der Waals surface area contributed by atoms with Crippen LogP contribution < -0.4 is 5.32 Å². The van der Waals surface area contributed by atoms with Gasteiger partial charge in [-0.3, -0.25) is 4.79 Å². The molecule has 0 unspecified atom stereocenters. The van der Waals surface area contributed by atoms with E-state index in [-0.39, 0.29) is 12.0 Å². The quantitative estimate of drug-likeness (QED) is 0.579. The Bertz CT molecular complexity index is 837. The Morgan fingerprint density at radius 3 is 2.32 bits per heavy atom. The Balaban J connectivity index is 2.12. The van der Waals surface area contributed by atoms with Crippen LogP contribution in [-0.4, -0.2) is 30.1 Å². The fraction of sp³-hybridized carbons (Fsp3) is 0.263. The van der Waals surface area contributed by atoms with E-state index in [1.54, 1.807) is 0 Å². The molecular weight excluding hydrogens is 382 g/mol. The second-order valence-electron chi connectivity index (χ2n) is 5.94. The number of nitrogens with one attached hydrogen (secondary N) is 1. The summed E-state index contributed by atoms with van der Waals surface area (Å²) < 4.78 is 55.7. The number of hydrogen-bond donors (Lipinski definition) is 2. The highest BCUT2D eigenvalue weighted by atomic mass is 19.4. The van der Waals surface area contributed by atoms with Crippen molar-refractivity contribution in [2.75, 3.05) is 7.11 Å². The SMILES string of the molecule is COC(=O)[C@@H](Cc1cccc(F)c1)NC(=O)[C@@H](O)c1ccc(C(F)(F)F)cc1. The average molecular weight is 399 g/mol. The van der Waals surface area contributed by atoms with Crippen LogP contribution in [0.15, 0.2) is 48.5 Å². The maximum absolute atomic E-state index is 13.3. The van der Waals surface area contributed by atoms with Gasteiger partial charge in [-0.1, -0.05) is 24.3 Å². The van der Waals surface area contributed by atoms with E-state index in [1.807, 2.05) is 0 Å². The molecule has 0 aliphatic rings. The van der Waals surface area contributed by atoms with Gasteiger partial charge in [-0.2, -0.15) is 13.2 Å². The standard InChI is InChI=1S/C19H17F4NO4/c1-28-18(27)15(10-11-3-2-4-14(20)9-11)24-17(26)16(25)12-5-7-13(8-6-12)19(21,22)23/h2-9,15-16,25H,10H2,1H3,(H,24,26)/t15-,16+/m1/s1. The van der Waals surface area contributed by atoms with Crippen LogP contribution >= 0.6 is 0 Å². The lowest BCUT2D eigenvalue weighted by Crippen LogP contribution is -2.45. The molecule has 2 atom stereocenters. The van der Waals surface area contributed by atoms with Gasteiger partial charge in [-0.15, -0.1) is 0 Å². The third-order valence-electron chi connectivity index (χ3n) is 3.93. The first-order chi connectivity index (χ1) is 13.1. The Kier molecular flexibility index (Phi) is 6.74. The first kappa shape index (κ1) is 21.4. The first-order valence-electron chi connectivity index (χ1n) is 8.09. The van der Waals surface area contributed by atoms with Crippen molar-refractivity contribution in [1.29, 1.82) is 0 Å². The maximum atomic E-state index is 13.3. The number of aliphatic hydroxyl groups is 1. The van der Waals surface area contributed by atoms with Gasteiger partial charge < -0.3 is 15.2 Å². The number of hydrogen-bond acceptors (Lipinski definition) is 4. The number of aliphatic hydroxyl groups excluding tert-OH is 1. The molecule has 1 amide bonds. The zero-order valence-corrected chi connectivity index (χ0v) is 14.7. The fourth-order valence-corrected chi connectivity index (χ4v) is 2.49. The minimum Gasteiger partial charge on any atom is -0.467 e. The van der Waals surface area contributed by atoms with Crippen LogP contribution in [0.1, 0.15) is 22.8 Å². The molecule has 0 saturated heterocycles. The number of methoxy groups -OCH3 is 1. The van der Waals surface area contributed by atoms with Crippen LogP contribution in [0.2, 0.25) is 0 Å². The highest BCUT2D eigenvalue weighted by molar-refractivity contribution is 5.87. The summed E-state index contributed by atoms with van der Waals surface area (Å²) in [5.74, 6) is -2.36. The molecular formula is C19H17F4NO4. The van der Waals surface area contributed by atoms with Crippen molar-refractivity contribution in [3.8, 4) is 0 Å². The van der Waals surface area contributed by atoms with E-state index in [0.717, 1.165) is 31.4 Å². The molecule has 0 radical (unpaired) electrons. The average Bonchev–Trinajstić information content (AvgIpc) is 2.65. The monoisotopic (exact) mass is 399 g/mol. The van der Waals surface area contributed by atoms with Gasteiger partial charge in [0.05, 0.1) is 12.7 Å². The van der Waals surface area contributed by atoms with Crippen LogP contribution in [0.4, 0.5) is 17.6 Å². The number of ether oxygens (including phenoxy) is 1. The van der Waals surface area contributed by atoms with Crippen molar-refractivity contribution in [1.82, 2.24) is 5.32 Å². The largest absolute Gasteiger partial charge is 0.467 e. The summed E-state index contributed by atoms with van der Waals surface area (Å²) in [4.78, 5) is 24.2. The first-order valence-corrected chi connectivity index (χ1v) is 8.09. The molecule has 9 heteroatoms. The minimum absolute atomic E-state index is 0.0835. The van der Waals surface area contributed by atoms with E-state index in [1.165, 1.54) is 24.3 Å². The Labute approximate surface area is 157 Å². The highest BCUT2D eigenvalue weighted by Gasteiger charge is 2.31. The molecule has 0 aliphatic carbocycles. The fourth-order valence-electron chi connectivity index (χ4n) is 2.49. The summed E-state index contributed by atoms with van der Waals surface area (Å²) in [6, 6.07) is 7.53. The van der Waals surface area contributed by atoms with E-state index < -0.39 is 41.6 Å². The van der Waals surface area contributed by atoms with Gasteiger partial charge in [0.15, 0.2) is 6.10 Å². The van der Waals surface area contributed by atoms with Crippen LogP contribution in [0, 0.1) is 5.82 Å². The van der Waals surface area contributed by atoms with Gasteiger partial charge in [0.2, 0.25) is 0 Å². The Morgan fingerprint density at radius 2 is 1.79 bits per heavy atom. The smallest absolute Gasteiger partial charge is 0.416 e. The Hall–Kier alpha value is -2.94. The highest BCUT2D eigenvalue weighted by Crippen LogP contribution is 2.30. The number of amides is 1. The van der Waals surface area contributed by atoms with E-state index in [9.17, 15) is 32.3 Å². The van der Waals surface area contributed by atoms with Crippen LogP contribution in [-0.2, 0) is 26.9 Å². The molecule has 0 fully saturated rings. The number of alkyl halides is 3. The minimum atomic E-state index is -4.55. The normalized spacial score (nSPS) is 13.5. The van der Waals surface area contributed by atoms with Crippen molar-refractivity contribution >= 4 is 11.9 Å². The second kappa shape index (κ2) is 8.83. The number of rotatable bonds is 6. The predicted molar refractivity (Wildman–Crippen MR) is 90.5 cm³/mol. The summed E-state index contributed by atoms with van der Waals surface area (Å²) >= 11 is 0. The second-order valence-corrected chi connectivity index (χ2v) is 5.94. The van der Waals surface area contributed by atoms with Crippen molar-refractivity contribution in [2.24, 2.45) is 0 Å². The van der Waals surface area contributed by atoms with Crippen LogP contribution in [0.5, 0.6) is 0 Å². The topological polar surface area (TPSA) is 75.6 Å². The molecule has 150 valence electrons. The predicted octanol–water partition coefficient (Wildman–Crippen LogP) is 2.78. The lowest BCUT2D eigenvalue weighted by atomic mass is 10.0. The zero-order valence-electron chi connectivity index (χ0n) is 14.7. The van der Waals surface area contributed by atoms with Gasteiger partial charge in [0.1, 0.15) is 11.9 Å². The van der Waals surface area contributed by atoms with E-state index >= 15 is 0 Å². The van der Waals surface area contributed by atoms with E-state index in [2.05, 4.69) is 10.1 Å². The number of carbonyl (C=O) groups excluding carboxylic acids is 2. The summed E-state index contributed by atoms with van der Waals surface area (Å²) in [5.41, 5.74) is -0.609. The molecule has 5 nitrogen and oxygen atoms in total. The van der Waals surface area contributed by atoms with Gasteiger partial charge in [0.25, 0.3) is 5.91 Å². The zero-order chi connectivity index (χ0) is 20.9. The van der Waals surface area contributed by atoms with Gasteiger partial charge in [0, 0.05) is 6.42 Å². The van der Waals surface area contributed by atoms with Crippen LogP contribution in [0.3, 0.4) is 0 Å². The molecule has 28 heavy (non-hydrogen) atoms. The molecule has 0 saturated carbocycles. The summed E-state index contributed by atoms with van der Waals surface area (Å²) in [5, 5.41) is 12.4. The third-order valence-corrected chi connectivity index (χ3v) is 3.93. The van der Waals surface area contributed by atoms with E-state index in [0.29, 0.717) is 5.56 Å². The molecule has 0 bridgehead atoms. The van der Waals surface area contributed by atoms with Crippen LogP contribution in [0.25, 0.3) is 0 Å². The molecule has 2 rings (SSSR count). The van der Waals surface area contributed by atoms with Crippen molar-refractivity contribution in [2.45, 2.75) is 24.7 Å². The number of carbonyl (C=O) groups is 2. The molecule has 0 spiro atoms. The number of esters is 1. The summed E-state index contributed by atoms with van der Waals surface area (Å²) in [6.07, 6.45) is -6.45. The van der Waals surface area contributed by atoms with Crippen molar-refractivity contribution in [3.05, 3.63) is 71.0 Å². The summed E-state index contributed by atoms with van der Waals surface area (Å²) in [6.45, 7) is 0. The number of benzene rings is 2. The van der Waals surface area contributed by atoms with Crippen molar-refractivity contribution in [3.63, 3.8) is 0 Å². The summed E-state index contributed by atoms with van der Waals surface area (Å²) in [7, 11) is 1.10. The molecule has 2 aromatic carbocycles. The Morgan fingerprint density at radius 1 is 1.14 bits per heavy atom. The molecule has 0 aromatic heterocycles. The molecule has 0 aliphatic heterocycles. The lowest BCUT2D eigenvalue weighted by Gasteiger charge is -2.19. The molecule has 2 N–H and O–H groups in total. The number of halogens is 4.